The zero-order chi connectivity index (χ0) is 12.6. The molecule has 0 bridgehead atoms. The maximum absolute atomic E-state index is 5.53. The van der Waals surface area contributed by atoms with Crippen LogP contribution in [0, 0.1) is 0 Å². The fraction of sp³-hybridized carbons (Fsp3) is 1.00. The topological polar surface area (TPSA) is 32.5 Å². The van der Waals surface area contributed by atoms with Crippen molar-refractivity contribution in [3.8, 4) is 0 Å². The highest BCUT2D eigenvalue weighted by molar-refractivity contribution is 4.81. The molecule has 0 spiro atoms. The van der Waals surface area contributed by atoms with E-state index in [0.29, 0.717) is 0 Å². The number of nitrogens with two attached hydrogens (primary N) is 1. The lowest BCUT2D eigenvalue weighted by Gasteiger charge is -2.40. The third-order valence-corrected chi connectivity index (χ3v) is 4.64. The summed E-state index contributed by atoms with van der Waals surface area (Å²) in [6.07, 6.45) is 11.0. The molecule has 0 aromatic heterocycles. The third kappa shape index (κ3) is 4.52. The maximum atomic E-state index is 5.53. The van der Waals surface area contributed by atoms with E-state index in [1.165, 1.54) is 84.1 Å². The molecule has 2 aliphatic rings. The molecule has 2 aliphatic heterocycles. The molecule has 0 radical (unpaired) electrons. The average Bonchev–Trinajstić information content (AvgIpc) is 2.45. The number of hydrogen-bond donors (Lipinski definition) is 1. The highest BCUT2D eigenvalue weighted by Crippen LogP contribution is 2.20. The van der Waals surface area contributed by atoms with Gasteiger partial charge in [-0.1, -0.05) is 12.8 Å². The van der Waals surface area contributed by atoms with Crippen molar-refractivity contribution in [3.05, 3.63) is 0 Å². The highest BCUT2D eigenvalue weighted by Gasteiger charge is 2.24. The van der Waals surface area contributed by atoms with Crippen molar-refractivity contribution in [2.45, 2.75) is 57.4 Å². The molecular formula is C15H31N3. The predicted octanol–water partition coefficient (Wildman–Crippen LogP) is 2.07. The lowest BCUT2D eigenvalue weighted by atomic mass is 9.99. The standard InChI is InChI=1S/C15H31N3/c16-9-3-1-4-10-17-13-7-15(8-14-17)18-11-5-2-6-12-18/h15H,1-14,16H2. The van der Waals surface area contributed by atoms with E-state index in [2.05, 4.69) is 9.80 Å². The van der Waals surface area contributed by atoms with E-state index in [9.17, 15) is 0 Å². The summed E-state index contributed by atoms with van der Waals surface area (Å²) < 4.78 is 0. The Kier molecular flexibility index (Phi) is 6.46. The van der Waals surface area contributed by atoms with Crippen LogP contribution in [-0.2, 0) is 0 Å². The first-order valence-corrected chi connectivity index (χ1v) is 8.06. The lowest BCUT2D eigenvalue weighted by Crippen LogP contribution is -2.46. The smallest absolute Gasteiger partial charge is 0.0120 e. The number of rotatable bonds is 6. The van der Waals surface area contributed by atoms with Crippen LogP contribution in [0.15, 0.2) is 0 Å². The molecule has 2 heterocycles. The quantitative estimate of drug-likeness (QED) is 0.736. The van der Waals surface area contributed by atoms with Crippen molar-refractivity contribution in [3.63, 3.8) is 0 Å². The van der Waals surface area contributed by atoms with Gasteiger partial charge in [0.2, 0.25) is 0 Å². The second-order valence-corrected chi connectivity index (χ2v) is 6.02. The van der Waals surface area contributed by atoms with E-state index in [-0.39, 0.29) is 0 Å². The van der Waals surface area contributed by atoms with Gasteiger partial charge in [-0.05, 0) is 77.8 Å². The SMILES string of the molecule is NCCCCCN1CCC(N2CCCCC2)CC1. The second kappa shape index (κ2) is 8.13. The van der Waals surface area contributed by atoms with E-state index in [1.54, 1.807) is 0 Å². The Balaban J connectivity index is 1.58. The molecular weight excluding hydrogens is 222 g/mol. The Bertz CT molecular complexity index is 206. The van der Waals surface area contributed by atoms with Crippen molar-refractivity contribution in [1.29, 1.82) is 0 Å². The minimum Gasteiger partial charge on any atom is -0.330 e. The molecule has 2 rings (SSSR count). The molecule has 2 fully saturated rings. The Morgan fingerprint density at radius 2 is 1.56 bits per heavy atom. The Hall–Kier alpha value is -0.120. The molecule has 106 valence electrons. The summed E-state index contributed by atoms with van der Waals surface area (Å²) in [6.45, 7) is 7.53. The van der Waals surface area contributed by atoms with Gasteiger partial charge in [0.25, 0.3) is 0 Å². The molecule has 0 saturated carbocycles. The Labute approximate surface area is 113 Å². The van der Waals surface area contributed by atoms with Crippen molar-refractivity contribution in [1.82, 2.24) is 9.80 Å². The van der Waals surface area contributed by atoms with Gasteiger partial charge in [0, 0.05) is 6.04 Å². The first-order valence-electron chi connectivity index (χ1n) is 8.06. The number of unbranched alkanes of at least 4 members (excludes halogenated alkanes) is 2. The van der Waals surface area contributed by atoms with Crippen molar-refractivity contribution in [2.75, 3.05) is 39.3 Å². The minimum atomic E-state index is 0.858. The molecule has 0 aliphatic carbocycles. The van der Waals surface area contributed by atoms with Crippen LogP contribution in [0.3, 0.4) is 0 Å². The fourth-order valence-corrected chi connectivity index (χ4v) is 3.45. The normalized spacial score (nSPS) is 24.5. The van der Waals surface area contributed by atoms with E-state index in [1.807, 2.05) is 0 Å². The maximum Gasteiger partial charge on any atom is 0.0120 e. The van der Waals surface area contributed by atoms with Gasteiger partial charge in [0.1, 0.15) is 0 Å². The molecule has 3 nitrogen and oxygen atoms in total. The summed E-state index contributed by atoms with van der Waals surface area (Å²) in [6, 6.07) is 0.894. The zero-order valence-corrected chi connectivity index (χ0v) is 11.9. The molecule has 2 N–H and O–H groups in total. The first-order chi connectivity index (χ1) is 8.90. The number of piperidine rings is 2. The largest absolute Gasteiger partial charge is 0.330 e. The minimum absolute atomic E-state index is 0.858. The molecule has 0 atom stereocenters. The molecule has 0 unspecified atom stereocenters. The number of nitrogens with zero attached hydrogens (tertiary/aromatic N) is 2. The Morgan fingerprint density at radius 1 is 0.833 bits per heavy atom. The summed E-state index contributed by atoms with van der Waals surface area (Å²) >= 11 is 0. The first kappa shape index (κ1) is 14.3. The van der Waals surface area contributed by atoms with Crippen molar-refractivity contribution < 1.29 is 0 Å². The van der Waals surface area contributed by atoms with Gasteiger partial charge in [0.15, 0.2) is 0 Å². The molecule has 0 aromatic carbocycles. The van der Waals surface area contributed by atoms with Crippen molar-refractivity contribution >= 4 is 0 Å². The summed E-state index contributed by atoms with van der Waals surface area (Å²) in [5.74, 6) is 0. The van der Waals surface area contributed by atoms with Gasteiger partial charge >= 0.3 is 0 Å². The van der Waals surface area contributed by atoms with E-state index < -0.39 is 0 Å². The van der Waals surface area contributed by atoms with Crippen LogP contribution in [0.25, 0.3) is 0 Å². The molecule has 18 heavy (non-hydrogen) atoms. The van der Waals surface area contributed by atoms with Gasteiger partial charge in [-0.25, -0.2) is 0 Å². The van der Waals surface area contributed by atoms with Gasteiger partial charge in [-0.15, -0.1) is 0 Å². The summed E-state index contributed by atoms with van der Waals surface area (Å²) in [7, 11) is 0. The average molecular weight is 253 g/mol. The monoisotopic (exact) mass is 253 g/mol. The third-order valence-electron chi connectivity index (χ3n) is 4.64. The van der Waals surface area contributed by atoms with Crippen LogP contribution in [0.4, 0.5) is 0 Å². The molecule has 0 amide bonds. The van der Waals surface area contributed by atoms with Crippen LogP contribution in [0.5, 0.6) is 0 Å². The molecule has 2 saturated heterocycles. The van der Waals surface area contributed by atoms with Crippen LogP contribution in [0.2, 0.25) is 0 Å². The van der Waals surface area contributed by atoms with Crippen LogP contribution < -0.4 is 5.73 Å². The number of likely N-dealkylation sites (tertiary alicyclic amines) is 2. The van der Waals surface area contributed by atoms with Gasteiger partial charge in [-0.2, -0.15) is 0 Å². The van der Waals surface area contributed by atoms with E-state index in [0.717, 1.165) is 12.6 Å². The van der Waals surface area contributed by atoms with E-state index >= 15 is 0 Å². The van der Waals surface area contributed by atoms with Gasteiger partial charge in [-0.3, -0.25) is 0 Å². The van der Waals surface area contributed by atoms with Gasteiger partial charge < -0.3 is 15.5 Å². The summed E-state index contributed by atoms with van der Waals surface area (Å²) in [5.41, 5.74) is 5.53. The van der Waals surface area contributed by atoms with Crippen LogP contribution in [-0.4, -0.2) is 55.1 Å². The fourth-order valence-electron chi connectivity index (χ4n) is 3.45. The lowest BCUT2D eigenvalue weighted by molar-refractivity contribution is 0.0918. The molecule has 3 heteroatoms. The summed E-state index contributed by atoms with van der Waals surface area (Å²) in [4.78, 5) is 5.42. The Morgan fingerprint density at radius 3 is 2.22 bits per heavy atom. The second-order valence-electron chi connectivity index (χ2n) is 6.02. The van der Waals surface area contributed by atoms with Crippen LogP contribution >= 0.6 is 0 Å². The summed E-state index contributed by atoms with van der Waals surface area (Å²) in [5, 5.41) is 0. The molecule has 0 aromatic rings. The number of hydrogen-bond acceptors (Lipinski definition) is 3. The zero-order valence-electron chi connectivity index (χ0n) is 11.9. The van der Waals surface area contributed by atoms with Crippen molar-refractivity contribution in [2.24, 2.45) is 5.73 Å². The van der Waals surface area contributed by atoms with E-state index in [4.69, 9.17) is 5.73 Å². The van der Waals surface area contributed by atoms with Gasteiger partial charge in [0.05, 0.1) is 0 Å². The predicted molar refractivity (Wildman–Crippen MR) is 77.8 cm³/mol. The van der Waals surface area contributed by atoms with Crippen LogP contribution in [0.1, 0.15) is 51.4 Å². The highest BCUT2D eigenvalue weighted by atomic mass is 15.2.